The van der Waals surface area contributed by atoms with E-state index in [1.807, 2.05) is 42.5 Å². The van der Waals surface area contributed by atoms with Crippen molar-refractivity contribution >= 4 is 41.2 Å². The minimum atomic E-state index is -0.413. The largest absolute Gasteiger partial charge is 0.366 e. The summed E-state index contributed by atoms with van der Waals surface area (Å²) in [6.45, 7) is 0. The van der Waals surface area contributed by atoms with Crippen LogP contribution in [-0.4, -0.2) is 15.7 Å². The minimum absolute atomic E-state index is 0.413. The second kappa shape index (κ2) is 7.08. The van der Waals surface area contributed by atoms with E-state index in [0.717, 1.165) is 25.3 Å². The van der Waals surface area contributed by atoms with E-state index in [0.29, 0.717) is 5.56 Å². The van der Waals surface area contributed by atoms with Crippen LogP contribution in [-0.2, 0) is 5.75 Å². The second-order valence-electron chi connectivity index (χ2n) is 4.73. The first kappa shape index (κ1) is 15.9. The summed E-state index contributed by atoms with van der Waals surface area (Å²) in [6.07, 6.45) is 0. The molecule has 3 aromatic rings. The molecule has 1 heterocycles. The van der Waals surface area contributed by atoms with E-state index in [1.54, 1.807) is 28.6 Å². The van der Waals surface area contributed by atoms with Crippen LogP contribution in [0.25, 0.3) is 5.69 Å². The van der Waals surface area contributed by atoms with Gasteiger partial charge in [0, 0.05) is 11.3 Å². The predicted octanol–water partition coefficient (Wildman–Crippen LogP) is 4.05. The molecule has 7 heteroatoms. The van der Waals surface area contributed by atoms with Crippen molar-refractivity contribution in [3.05, 3.63) is 69.7 Å². The third kappa shape index (κ3) is 3.87. The lowest BCUT2D eigenvalue weighted by molar-refractivity contribution is 0.100. The normalized spacial score (nSPS) is 10.6. The molecule has 0 saturated carbocycles. The van der Waals surface area contributed by atoms with Crippen molar-refractivity contribution < 1.29 is 4.79 Å². The minimum Gasteiger partial charge on any atom is -0.366 e. The van der Waals surface area contributed by atoms with E-state index in [9.17, 15) is 4.79 Å². The van der Waals surface area contributed by atoms with Crippen LogP contribution < -0.4 is 5.73 Å². The summed E-state index contributed by atoms with van der Waals surface area (Å²) in [7, 11) is 0. The number of thioether (sulfide) groups is 1. The summed E-state index contributed by atoms with van der Waals surface area (Å²) in [6, 6.07) is 17.1. The van der Waals surface area contributed by atoms with Gasteiger partial charge in [-0.15, -0.1) is 5.10 Å². The van der Waals surface area contributed by atoms with E-state index >= 15 is 0 Å². The van der Waals surface area contributed by atoms with Gasteiger partial charge in [-0.3, -0.25) is 4.79 Å². The Bertz CT molecular complexity index is 870. The van der Waals surface area contributed by atoms with Gasteiger partial charge in [0.15, 0.2) is 8.29 Å². The molecule has 0 bridgehead atoms. The van der Waals surface area contributed by atoms with Crippen molar-refractivity contribution in [3.63, 3.8) is 0 Å². The molecule has 0 unspecified atom stereocenters. The summed E-state index contributed by atoms with van der Waals surface area (Å²) >= 11 is 8.50. The first-order chi connectivity index (χ1) is 11.1. The first-order valence-electron chi connectivity index (χ1n) is 6.80. The Hall–Kier alpha value is -1.96. The molecule has 116 valence electrons. The highest BCUT2D eigenvalue weighted by Crippen LogP contribution is 2.27. The summed E-state index contributed by atoms with van der Waals surface area (Å²) in [5, 5.41) is 4.56. The lowest BCUT2D eigenvalue weighted by Crippen LogP contribution is -2.10. The number of benzene rings is 2. The number of amides is 1. The van der Waals surface area contributed by atoms with Crippen LogP contribution in [0.15, 0.2) is 58.9 Å². The van der Waals surface area contributed by atoms with Crippen LogP contribution in [0.1, 0.15) is 15.9 Å². The molecule has 23 heavy (non-hydrogen) atoms. The number of primary amides is 1. The zero-order valence-electron chi connectivity index (χ0n) is 12.0. The molecule has 0 atom stereocenters. The average molecular weight is 360 g/mol. The molecule has 3 rings (SSSR count). The van der Waals surface area contributed by atoms with Crippen molar-refractivity contribution in [2.45, 2.75) is 10.1 Å². The van der Waals surface area contributed by atoms with Crippen molar-refractivity contribution in [1.82, 2.24) is 9.78 Å². The fourth-order valence-electron chi connectivity index (χ4n) is 1.96. The van der Waals surface area contributed by atoms with Crippen molar-refractivity contribution in [3.8, 4) is 5.69 Å². The summed E-state index contributed by atoms with van der Waals surface area (Å²) in [5.41, 5.74) is 7.82. The van der Waals surface area contributed by atoms with E-state index in [-0.39, 0.29) is 0 Å². The Morgan fingerprint density at radius 3 is 2.52 bits per heavy atom. The molecule has 0 saturated heterocycles. The van der Waals surface area contributed by atoms with Gasteiger partial charge < -0.3 is 5.73 Å². The predicted molar refractivity (Wildman–Crippen MR) is 96.8 cm³/mol. The maximum atomic E-state index is 11.1. The molecule has 0 radical (unpaired) electrons. The number of hydrogen-bond donors (Lipinski definition) is 1. The number of rotatable bonds is 5. The van der Waals surface area contributed by atoms with Crippen LogP contribution in [0.3, 0.4) is 0 Å². The lowest BCUT2D eigenvalue weighted by atomic mass is 10.1. The lowest BCUT2D eigenvalue weighted by Gasteiger charge is -2.01. The summed E-state index contributed by atoms with van der Waals surface area (Å²) in [4.78, 5) is 11.1. The van der Waals surface area contributed by atoms with Gasteiger partial charge in [-0.05, 0) is 42.0 Å². The topological polar surface area (TPSA) is 60.9 Å². The fourth-order valence-corrected chi connectivity index (χ4v) is 4.28. The van der Waals surface area contributed by atoms with Crippen LogP contribution in [0.2, 0.25) is 0 Å². The van der Waals surface area contributed by atoms with E-state index in [1.165, 1.54) is 11.3 Å². The number of nitrogens with zero attached hydrogens (tertiary/aromatic N) is 2. The molecule has 0 aliphatic rings. The molecule has 0 aliphatic carbocycles. The Kier molecular flexibility index (Phi) is 4.90. The van der Waals surface area contributed by atoms with Crippen molar-refractivity contribution in [2.75, 3.05) is 0 Å². The quantitative estimate of drug-likeness (QED) is 0.551. The highest BCUT2D eigenvalue weighted by molar-refractivity contribution is 8.00. The van der Waals surface area contributed by atoms with Crippen molar-refractivity contribution in [1.29, 1.82) is 0 Å². The average Bonchev–Trinajstić information content (AvgIpc) is 2.95. The highest BCUT2D eigenvalue weighted by Gasteiger charge is 2.07. The SMILES string of the molecule is NC(=O)c1ccc(CSc2nn(-c3ccccc3)c(=S)s2)cc1. The van der Waals surface area contributed by atoms with Gasteiger partial charge in [-0.2, -0.15) is 0 Å². The molecule has 1 amide bonds. The van der Waals surface area contributed by atoms with Crippen LogP contribution in [0, 0.1) is 3.95 Å². The van der Waals surface area contributed by atoms with Gasteiger partial charge in [0.25, 0.3) is 0 Å². The molecule has 2 aromatic carbocycles. The summed E-state index contributed by atoms with van der Waals surface area (Å²) in [5.74, 6) is 0.347. The third-order valence-electron chi connectivity index (χ3n) is 3.13. The van der Waals surface area contributed by atoms with Crippen LogP contribution >= 0.6 is 35.3 Å². The number of para-hydroxylation sites is 1. The van der Waals surface area contributed by atoms with Crippen LogP contribution in [0.4, 0.5) is 0 Å². The van der Waals surface area contributed by atoms with Gasteiger partial charge >= 0.3 is 0 Å². The maximum absolute atomic E-state index is 11.1. The first-order valence-corrected chi connectivity index (χ1v) is 9.01. The zero-order valence-corrected chi connectivity index (χ0v) is 14.5. The molecule has 4 nitrogen and oxygen atoms in total. The molecule has 1 aromatic heterocycles. The van der Waals surface area contributed by atoms with Gasteiger partial charge in [0.1, 0.15) is 0 Å². The molecular weight excluding hydrogens is 346 g/mol. The van der Waals surface area contributed by atoms with Gasteiger partial charge in [-0.25, -0.2) is 4.68 Å². The molecule has 2 N–H and O–H groups in total. The Morgan fingerprint density at radius 1 is 1.17 bits per heavy atom. The summed E-state index contributed by atoms with van der Waals surface area (Å²) < 4.78 is 3.42. The number of nitrogens with two attached hydrogens (primary N) is 1. The molecule has 0 aliphatic heterocycles. The molecule has 0 fully saturated rings. The van der Waals surface area contributed by atoms with Gasteiger partial charge in [0.2, 0.25) is 5.91 Å². The zero-order chi connectivity index (χ0) is 16.2. The monoisotopic (exact) mass is 359 g/mol. The molecule has 0 spiro atoms. The Morgan fingerprint density at radius 2 is 1.87 bits per heavy atom. The fraction of sp³-hybridized carbons (Fsp3) is 0.0625. The number of hydrogen-bond acceptors (Lipinski definition) is 5. The number of aromatic nitrogens is 2. The number of carbonyl (C=O) groups excluding carboxylic acids is 1. The van der Waals surface area contributed by atoms with Gasteiger partial charge in [-0.1, -0.05) is 53.4 Å². The standard InChI is InChI=1S/C16H13N3OS3/c17-14(20)12-8-6-11(7-9-12)10-22-15-18-19(16(21)23-15)13-4-2-1-3-5-13/h1-9H,10H2,(H2,17,20). The smallest absolute Gasteiger partial charge is 0.248 e. The Balaban J connectivity index is 1.72. The van der Waals surface area contributed by atoms with E-state index < -0.39 is 5.91 Å². The van der Waals surface area contributed by atoms with Crippen LogP contribution in [0.5, 0.6) is 0 Å². The maximum Gasteiger partial charge on any atom is 0.248 e. The molecular formula is C16H13N3OS3. The third-order valence-corrected chi connectivity index (χ3v) is 5.57. The number of carbonyl (C=O) groups is 1. The van der Waals surface area contributed by atoms with E-state index in [4.69, 9.17) is 18.0 Å². The van der Waals surface area contributed by atoms with Crippen molar-refractivity contribution in [2.24, 2.45) is 5.73 Å². The highest BCUT2D eigenvalue weighted by atomic mass is 32.2. The van der Waals surface area contributed by atoms with Gasteiger partial charge in [0.05, 0.1) is 5.69 Å². The van der Waals surface area contributed by atoms with E-state index in [2.05, 4.69) is 5.10 Å². The Labute approximate surface area is 147 Å². The second-order valence-corrected chi connectivity index (χ2v) is 7.58.